The molecule has 0 aliphatic rings. The molecule has 0 saturated carbocycles. The second-order valence-corrected chi connectivity index (χ2v) is 2.15. The summed E-state index contributed by atoms with van der Waals surface area (Å²) in [6.07, 6.45) is 1.12. The maximum Gasteiger partial charge on any atom is 0.387 e. The molecule has 0 radical (unpaired) electrons. The van der Waals surface area contributed by atoms with Gasteiger partial charge in [0.25, 0.3) is 0 Å². The van der Waals surface area contributed by atoms with Gasteiger partial charge in [0.1, 0.15) is 4.61 Å². The van der Waals surface area contributed by atoms with Gasteiger partial charge in [0, 0.05) is 0 Å². The number of halogens is 3. The molecule has 0 aliphatic heterocycles. The van der Waals surface area contributed by atoms with Crippen molar-refractivity contribution in [2.45, 2.75) is 6.61 Å². The van der Waals surface area contributed by atoms with Crippen molar-refractivity contribution in [3.05, 3.63) is 23.0 Å². The Kier molecular flexibility index (Phi) is 4.69. The highest BCUT2D eigenvalue weighted by Crippen LogP contribution is 2.17. The molecule has 0 aromatic carbocycles. The summed E-state index contributed by atoms with van der Waals surface area (Å²) in [4.78, 5) is 3.33. The summed E-state index contributed by atoms with van der Waals surface area (Å²) in [6, 6.07) is 0. The zero-order valence-electron chi connectivity index (χ0n) is 5.56. The molecule has 0 atom stereocenters. The molecule has 0 unspecified atom stereocenters. The highest BCUT2D eigenvalue weighted by molar-refractivity contribution is 9.11. The Morgan fingerprint density at radius 1 is 1.64 bits per heavy atom. The van der Waals surface area contributed by atoms with E-state index < -0.39 is 6.61 Å². The zero-order valence-corrected chi connectivity index (χ0v) is 7.14. The van der Waals surface area contributed by atoms with Crippen molar-refractivity contribution < 1.29 is 13.5 Å². The van der Waals surface area contributed by atoms with Crippen LogP contribution in [0.1, 0.15) is 0 Å². The largest absolute Gasteiger partial charge is 0.432 e. The molecule has 0 bridgehead atoms. The van der Waals surface area contributed by atoms with E-state index in [1.165, 1.54) is 0 Å². The summed E-state index contributed by atoms with van der Waals surface area (Å²) >= 11 is 2.85. The first-order valence-electron chi connectivity index (χ1n) is 2.55. The Morgan fingerprint density at radius 3 is 2.45 bits per heavy atom. The van der Waals surface area contributed by atoms with Gasteiger partial charge in [-0.3, -0.25) is 4.99 Å². The van der Waals surface area contributed by atoms with Crippen LogP contribution >= 0.6 is 15.9 Å². The van der Waals surface area contributed by atoms with Gasteiger partial charge in [-0.05, 0) is 28.7 Å². The van der Waals surface area contributed by atoms with E-state index in [0.717, 1.165) is 6.08 Å². The molecular formula is C6H6BrF2NO. The molecule has 0 saturated heterocycles. The third kappa shape index (κ3) is 3.87. The molecule has 0 aromatic heterocycles. The number of rotatable bonds is 4. The molecule has 0 aromatic rings. The Hall–Kier alpha value is -0.710. The summed E-state index contributed by atoms with van der Waals surface area (Å²) in [5.74, 6) is -0.130. The number of hydrogen-bond acceptors (Lipinski definition) is 2. The molecule has 0 spiro atoms. The monoisotopic (exact) mass is 225 g/mol. The van der Waals surface area contributed by atoms with Crippen molar-refractivity contribution in [2.24, 2.45) is 4.99 Å². The van der Waals surface area contributed by atoms with Crippen molar-refractivity contribution >= 4 is 22.6 Å². The van der Waals surface area contributed by atoms with Gasteiger partial charge in [0.2, 0.25) is 0 Å². The molecule has 2 nitrogen and oxygen atoms in total. The second kappa shape index (κ2) is 5.01. The number of nitrogens with zero attached hydrogens (tertiary/aromatic N) is 1. The molecule has 0 fully saturated rings. The van der Waals surface area contributed by atoms with E-state index in [1.807, 2.05) is 0 Å². The summed E-state index contributed by atoms with van der Waals surface area (Å²) < 4.78 is 27.3. The van der Waals surface area contributed by atoms with Crippen LogP contribution in [0, 0.1) is 0 Å². The maximum absolute atomic E-state index is 11.6. The standard InChI is InChI=1S/C6H6BrF2NO/c1-3-4(5(7)10-2)11-6(8)9/h3,6H,1-2H2/b5-4+. The van der Waals surface area contributed by atoms with Gasteiger partial charge >= 0.3 is 6.61 Å². The van der Waals surface area contributed by atoms with Crippen LogP contribution in [-0.4, -0.2) is 13.3 Å². The Morgan fingerprint density at radius 2 is 2.18 bits per heavy atom. The molecule has 0 rings (SSSR count). The summed E-state index contributed by atoms with van der Waals surface area (Å²) in [7, 11) is 0. The molecule has 0 heterocycles. The minimum absolute atomic E-state index is 0.104. The normalized spacial score (nSPS) is 12.4. The minimum Gasteiger partial charge on any atom is -0.432 e. The van der Waals surface area contributed by atoms with Crippen LogP contribution in [0.3, 0.4) is 0 Å². The fourth-order valence-corrected chi connectivity index (χ4v) is 0.610. The maximum atomic E-state index is 11.6. The third-order valence-corrected chi connectivity index (χ3v) is 1.39. The van der Waals surface area contributed by atoms with Gasteiger partial charge in [-0.2, -0.15) is 8.78 Å². The lowest BCUT2D eigenvalue weighted by Gasteiger charge is -2.04. The van der Waals surface area contributed by atoms with Gasteiger partial charge in [-0.25, -0.2) is 0 Å². The Labute approximate surface area is 71.4 Å². The van der Waals surface area contributed by atoms with Gasteiger partial charge in [-0.1, -0.05) is 6.58 Å². The summed E-state index contributed by atoms with van der Waals surface area (Å²) in [5.41, 5.74) is 0. The third-order valence-electron chi connectivity index (χ3n) is 0.744. The molecule has 62 valence electrons. The molecule has 0 amide bonds. The quantitative estimate of drug-likeness (QED) is 0.312. The lowest BCUT2D eigenvalue weighted by atomic mass is 10.5. The van der Waals surface area contributed by atoms with Crippen LogP contribution in [0.2, 0.25) is 0 Å². The topological polar surface area (TPSA) is 21.6 Å². The van der Waals surface area contributed by atoms with Crippen LogP contribution in [0.4, 0.5) is 8.78 Å². The number of hydrogen-bond donors (Lipinski definition) is 0. The van der Waals surface area contributed by atoms with Crippen LogP contribution in [0.25, 0.3) is 0 Å². The van der Waals surface area contributed by atoms with Crippen molar-refractivity contribution in [2.75, 3.05) is 0 Å². The highest BCUT2D eigenvalue weighted by Gasteiger charge is 2.06. The van der Waals surface area contributed by atoms with Crippen LogP contribution in [-0.2, 0) is 4.74 Å². The van der Waals surface area contributed by atoms with Crippen molar-refractivity contribution in [3.8, 4) is 0 Å². The minimum atomic E-state index is -2.88. The summed E-state index contributed by atoms with van der Waals surface area (Å²) in [6.45, 7) is 3.48. The average molecular weight is 226 g/mol. The number of ether oxygens (including phenoxy) is 1. The first kappa shape index (κ1) is 10.3. The van der Waals surface area contributed by atoms with Crippen molar-refractivity contribution in [1.82, 2.24) is 0 Å². The van der Waals surface area contributed by atoms with Gasteiger partial charge in [0.15, 0.2) is 5.76 Å². The number of allylic oxidation sites excluding steroid dienone is 1. The molecular weight excluding hydrogens is 220 g/mol. The zero-order chi connectivity index (χ0) is 8.85. The fourth-order valence-electron chi connectivity index (χ4n) is 0.355. The van der Waals surface area contributed by atoms with E-state index in [2.05, 4.69) is 39.0 Å². The SMILES string of the molecule is C=C/C(OC(F)F)=C(/Br)N=C. The average Bonchev–Trinajstić information content (AvgIpc) is 1.98. The molecule has 11 heavy (non-hydrogen) atoms. The van der Waals surface area contributed by atoms with Crippen LogP contribution < -0.4 is 0 Å². The van der Waals surface area contributed by atoms with E-state index in [1.54, 1.807) is 0 Å². The first-order valence-corrected chi connectivity index (χ1v) is 3.35. The lowest BCUT2D eigenvalue weighted by Crippen LogP contribution is -1.97. The van der Waals surface area contributed by atoms with Crippen LogP contribution in [0.15, 0.2) is 28.0 Å². The van der Waals surface area contributed by atoms with E-state index in [-0.39, 0.29) is 10.4 Å². The smallest absolute Gasteiger partial charge is 0.387 e. The lowest BCUT2D eigenvalue weighted by molar-refractivity contribution is -0.0923. The summed E-state index contributed by atoms with van der Waals surface area (Å²) in [5, 5.41) is 0. The number of aliphatic imine (C=N–C) groups is 1. The van der Waals surface area contributed by atoms with Crippen LogP contribution in [0.5, 0.6) is 0 Å². The fraction of sp³-hybridized carbons (Fsp3) is 0.167. The second-order valence-electron chi connectivity index (χ2n) is 1.40. The van der Waals surface area contributed by atoms with E-state index in [0.29, 0.717) is 0 Å². The molecule has 0 aliphatic carbocycles. The highest BCUT2D eigenvalue weighted by atomic mass is 79.9. The van der Waals surface area contributed by atoms with E-state index in [4.69, 9.17) is 0 Å². The van der Waals surface area contributed by atoms with E-state index >= 15 is 0 Å². The Bertz CT molecular complexity index is 191. The van der Waals surface area contributed by atoms with Gasteiger partial charge in [0.05, 0.1) is 0 Å². The van der Waals surface area contributed by atoms with E-state index in [9.17, 15) is 8.78 Å². The predicted molar refractivity (Wildman–Crippen MR) is 42.8 cm³/mol. The molecule has 0 N–H and O–H groups in total. The first-order chi connectivity index (χ1) is 5.11. The number of alkyl halides is 2. The van der Waals surface area contributed by atoms with Gasteiger partial charge < -0.3 is 4.74 Å². The van der Waals surface area contributed by atoms with Crippen molar-refractivity contribution in [3.63, 3.8) is 0 Å². The predicted octanol–water partition coefficient (Wildman–Crippen LogP) is 2.68. The Balaban J connectivity index is 4.38. The van der Waals surface area contributed by atoms with Gasteiger partial charge in [-0.15, -0.1) is 0 Å². The molecule has 5 heteroatoms. The van der Waals surface area contributed by atoms with Crippen molar-refractivity contribution in [1.29, 1.82) is 0 Å².